The van der Waals surface area contributed by atoms with Crippen molar-refractivity contribution in [2.24, 2.45) is 11.8 Å². The summed E-state index contributed by atoms with van der Waals surface area (Å²) in [6, 6.07) is 0. The molecule has 0 aromatic carbocycles. The van der Waals surface area contributed by atoms with Crippen molar-refractivity contribution in [3.8, 4) is 0 Å². The van der Waals surface area contributed by atoms with Crippen LogP contribution in [-0.4, -0.2) is 23.8 Å². The molecule has 1 heterocycles. The molecule has 0 aromatic heterocycles. The van der Waals surface area contributed by atoms with E-state index < -0.39 is 5.97 Å². The third-order valence-corrected chi connectivity index (χ3v) is 2.60. The third kappa shape index (κ3) is 1.25. The highest BCUT2D eigenvalue weighted by Crippen LogP contribution is 2.45. The molecule has 3 nitrogen and oxygen atoms in total. The van der Waals surface area contributed by atoms with E-state index in [9.17, 15) is 4.79 Å². The Hall–Kier alpha value is -0.570. The Morgan fingerprint density at radius 1 is 1.55 bits per heavy atom. The Kier molecular flexibility index (Phi) is 1.60. The average molecular weight is 156 g/mol. The number of hydrogen-bond acceptors (Lipinski definition) is 2. The van der Waals surface area contributed by atoms with Gasteiger partial charge in [0.15, 0.2) is 0 Å². The molecule has 1 saturated carbocycles. The SMILES string of the molecule is O=C(O)C1CC1C1CCCO1. The predicted molar refractivity (Wildman–Crippen MR) is 38.2 cm³/mol. The lowest BCUT2D eigenvalue weighted by Gasteiger charge is -2.05. The van der Waals surface area contributed by atoms with Gasteiger partial charge >= 0.3 is 5.97 Å². The van der Waals surface area contributed by atoms with Crippen molar-refractivity contribution in [3.05, 3.63) is 0 Å². The highest BCUT2D eigenvalue weighted by molar-refractivity contribution is 5.73. The van der Waals surface area contributed by atoms with Crippen molar-refractivity contribution in [2.75, 3.05) is 6.61 Å². The largest absolute Gasteiger partial charge is 0.481 e. The van der Waals surface area contributed by atoms with Crippen LogP contribution < -0.4 is 0 Å². The Morgan fingerprint density at radius 3 is 2.82 bits per heavy atom. The van der Waals surface area contributed by atoms with E-state index in [2.05, 4.69) is 0 Å². The highest BCUT2D eigenvalue weighted by atomic mass is 16.5. The molecule has 2 fully saturated rings. The number of carboxylic acid groups (broad SMARTS) is 1. The summed E-state index contributed by atoms with van der Waals surface area (Å²) in [5, 5.41) is 8.63. The summed E-state index contributed by atoms with van der Waals surface area (Å²) in [6.45, 7) is 0.827. The zero-order chi connectivity index (χ0) is 7.84. The molecule has 2 rings (SSSR count). The van der Waals surface area contributed by atoms with E-state index in [0.29, 0.717) is 5.92 Å². The molecule has 3 heteroatoms. The fraction of sp³-hybridized carbons (Fsp3) is 0.875. The maximum absolute atomic E-state index is 10.5. The van der Waals surface area contributed by atoms with E-state index in [0.717, 1.165) is 25.9 Å². The summed E-state index contributed by atoms with van der Waals surface area (Å²) < 4.78 is 5.39. The van der Waals surface area contributed by atoms with Gasteiger partial charge in [-0.2, -0.15) is 0 Å². The van der Waals surface area contributed by atoms with Crippen molar-refractivity contribution in [1.82, 2.24) is 0 Å². The van der Waals surface area contributed by atoms with Gasteiger partial charge in [0.1, 0.15) is 0 Å². The molecule has 0 radical (unpaired) electrons. The molecule has 62 valence electrons. The first-order valence-corrected chi connectivity index (χ1v) is 4.13. The van der Waals surface area contributed by atoms with Crippen LogP contribution in [0.5, 0.6) is 0 Å². The molecule has 0 aromatic rings. The third-order valence-electron chi connectivity index (χ3n) is 2.60. The van der Waals surface area contributed by atoms with Gasteiger partial charge < -0.3 is 9.84 Å². The van der Waals surface area contributed by atoms with Crippen molar-refractivity contribution in [2.45, 2.75) is 25.4 Å². The molecule has 0 spiro atoms. The van der Waals surface area contributed by atoms with E-state index in [-0.39, 0.29) is 12.0 Å². The Bertz CT molecular complexity index is 172. The molecule has 3 unspecified atom stereocenters. The van der Waals surface area contributed by atoms with Crippen LogP contribution in [0.25, 0.3) is 0 Å². The van der Waals surface area contributed by atoms with Crippen molar-refractivity contribution in [3.63, 3.8) is 0 Å². The summed E-state index contributed by atoms with van der Waals surface area (Å²) >= 11 is 0. The molecule has 1 aliphatic heterocycles. The maximum atomic E-state index is 10.5. The molecular formula is C8H12O3. The first kappa shape index (κ1) is 7.10. The summed E-state index contributed by atoms with van der Waals surface area (Å²) in [6.07, 6.45) is 3.26. The number of ether oxygens (including phenoxy) is 1. The van der Waals surface area contributed by atoms with Crippen molar-refractivity contribution in [1.29, 1.82) is 0 Å². The molecule has 11 heavy (non-hydrogen) atoms. The zero-order valence-corrected chi connectivity index (χ0v) is 6.32. The van der Waals surface area contributed by atoms with Gasteiger partial charge in [0.05, 0.1) is 12.0 Å². The number of rotatable bonds is 2. The van der Waals surface area contributed by atoms with Gasteiger partial charge in [-0.25, -0.2) is 0 Å². The van der Waals surface area contributed by atoms with Crippen LogP contribution in [0.4, 0.5) is 0 Å². The smallest absolute Gasteiger partial charge is 0.306 e. The summed E-state index contributed by atoms with van der Waals surface area (Å²) in [7, 11) is 0. The molecular weight excluding hydrogens is 144 g/mol. The monoisotopic (exact) mass is 156 g/mol. The molecule has 3 atom stereocenters. The lowest BCUT2D eigenvalue weighted by Crippen LogP contribution is -2.12. The summed E-state index contributed by atoms with van der Waals surface area (Å²) in [5.41, 5.74) is 0. The van der Waals surface area contributed by atoms with Crippen LogP contribution in [0.2, 0.25) is 0 Å². The second-order valence-corrected chi connectivity index (χ2v) is 3.40. The quantitative estimate of drug-likeness (QED) is 0.645. The van der Waals surface area contributed by atoms with E-state index in [4.69, 9.17) is 9.84 Å². The molecule has 0 bridgehead atoms. The minimum Gasteiger partial charge on any atom is -0.481 e. The second-order valence-electron chi connectivity index (χ2n) is 3.40. The number of carboxylic acids is 1. The topological polar surface area (TPSA) is 46.5 Å². The van der Waals surface area contributed by atoms with Crippen LogP contribution in [0, 0.1) is 11.8 Å². The van der Waals surface area contributed by atoms with Gasteiger partial charge in [0.2, 0.25) is 0 Å². The molecule has 2 aliphatic rings. The normalized spacial score (nSPS) is 42.4. The zero-order valence-electron chi connectivity index (χ0n) is 6.32. The van der Waals surface area contributed by atoms with Crippen molar-refractivity contribution < 1.29 is 14.6 Å². The minimum absolute atomic E-state index is 0.0990. The van der Waals surface area contributed by atoms with Crippen LogP contribution in [0.1, 0.15) is 19.3 Å². The summed E-state index contributed by atoms with van der Waals surface area (Å²) in [4.78, 5) is 10.5. The van der Waals surface area contributed by atoms with Crippen LogP contribution in [0.15, 0.2) is 0 Å². The molecule has 0 amide bonds. The fourth-order valence-electron chi connectivity index (χ4n) is 1.85. The van der Waals surface area contributed by atoms with Gasteiger partial charge in [-0.3, -0.25) is 4.79 Å². The van der Waals surface area contributed by atoms with Crippen molar-refractivity contribution >= 4 is 5.97 Å². The van der Waals surface area contributed by atoms with Crippen LogP contribution in [-0.2, 0) is 9.53 Å². The van der Waals surface area contributed by atoms with E-state index in [1.165, 1.54) is 0 Å². The lowest BCUT2D eigenvalue weighted by molar-refractivity contribution is -0.139. The average Bonchev–Trinajstić information content (AvgIpc) is 2.60. The second kappa shape index (κ2) is 2.48. The van der Waals surface area contributed by atoms with Crippen LogP contribution >= 0.6 is 0 Å². The maximum Gasteiger partial charge on any atom is 0.306 e. The predicted octanol–water partition coefficient (Wildman–Crippen LogP) is 0.886. The first-order chi connectivity index (χ1) is 5.29. The fourth-order valence-corrected chi connectivity index (χ4v) is 1.85. The highest BCUT2D eigenvalue weighted by Gasteiger charge is 2.49. The Balaban J connectivity index is 1.85. The molecule has 1 N–H and O–H groups in total. The first-order valence-electron chi connectivity index (χ1n) is 4.13. The number of aliphatic carboxylic acids is 1. The van der Waals surface area contributed by atoms with E-state index >= 15 is 0 Å². The molecule has 1 saturated heterocycles. The number of hydrogen-bond donors (Lipinski definition) is 1. The van der Waals surface area contributed by atoms with Gasteiger partial charge in [-0.15, -0.1) is 0 Å². The van der Waals surface area contributed by atoms with Gasteiger partial charge in [-0.1, -0.05) is 0 Å². The Morgan fingerprint density at radius 2 is 2.36 bits per heavy atom. The van der Waals surface area contributed by atoms with Gasteiger partial charge in [0.25, 0.3) is 0 Å². The van der Waals surface area contributed by atoms with Gasteiger partial charge in [-0.05, 0) is 25.2 Å². The standard InChI is InChI=1S/C8H12O3/c9-8(10)6-4-5(6)7-2-1-3-11-7/h5-7H,1-4H2,(H,9,10). The van der Waals surface area contributed by atoms with E-state index in [1.807, 2.05) is 0 Å². The van der Waals surface area contributed by atoms with E-state index in [1.54, 1.807) is 0 Å². The lowest BCUT2D eigenvalue weighted by atomic mass is 10.1. The summed E-state index contributed by atoms with van der Waals surface area (Å²) in [5.74, 6) is -0.418. The minimum atomic E-state index is -0.648. The molecule has 1 aliphatic carbocycles. The van der Waals surface area contributed by atoms with Gasteiger partial charge in [0, 0.05) is 6.61 Å². The van der Waals surface area contributed by atoms with Crippen LogP contribution in [0.3, 0.4) is 0 Å². The Labute approximate surface area is 65.4 Å². The number of carbonyl (C=O) groups is 1.